The normalized spacial score (nSPS) is 10.5. The van der Waals surface area contributed by atoms with Crippen LogP contribution >= 0.6 is 0 Å². The highest BCUT2D eigenvalue weighted by atomic mass is 16.5. The minimum absolute atomic E-state index is 0.492. The highest BCUT2D eigenvalue weighted by Crippen LogP contribution is 1.83. The zero-order valence-electron chi connectivity index (χ0n) is 7.52. The number of rotatable bonds is 8. The van der Waals surface area contributed by atoms with E-state index in [-0.39, 0.29) is 0 Å². The van der Waals surface area contributed by atoms with Gasteiger partial charge in [0.05, 0.1) is 38.3 Å². The van der Waals surface area contributed by atoms with Crippen LogP contribution in [0.5, 0.6) is 0 Å². The van der Waals surface area contributed by atoms with Crippen LogP contribution in [0.15, 0.2) is 50.4 Å². The maximum Gasteiger partial charge on any atom is 0.0884 e. The van der Waals surface area contributed by atoms with Gasteiger partial charge in [0.15, 0.2) is 0 Å². The molecule has 0 bridgehead atoms. The molecular weight excluding hydrogens is 168 g/mol. The molecule has 0 heterocycles. The molecule has 0 atom stereocenters. The third-order valence-electron chi connectivity index (χ3n) is 0.970. The van der Waals surface area contributed by atoms with Crippen molar-refractivity contribution in [2.24, 2.45) is 0 Å². The molecule has 0 fully saturated rings. The Bertz CT molecular complexity index is 163. The van der Waals surface area contributed by atoms with E-state index in [2.05, 4.69) is 13.2 Å². The van der Waals surface area contributed by atoms with E-state index in [0.29, 0.717) is 13.2 Å². The van der Waals surface area contributed by atoms with Gasteiger partial charge in [-0.2, -0.15) is 0 Å². The van der Waals surface area contributed by atoms with Crippen molar-refractivity contribution in [2.75, 3.05) is 13.2 Å². The lowest BCUT2D eigenvalue weighted by atomic mass is 10.6. The molecule has 0 aromatic carbocycles. The Morgan fingerprint density at radius 2 is 1.31 bits per heavy atom. The third-order valence-corrected chi connectivity index (χ3v) is 0.970. The van der Waals surface area contributed by atoms with Crippen LogP contribution in [0.2, 0.25) is 0 Å². The second-order valence-corrected chi connectivity index (χ2v) is 1.89. The highest BCUT2D eigenvalue weighted by molar-refractivity contribution is 4.78. The van der Waals surface area contributed by atoms with E-state index in [9.17, 15) is 0 Å². The smallest absolute Gasteiger partial charge is 0.0884 e. The van der Waals surface area contributed by atoms with Crippen LogP contribution in [0, 0.1) is 0 Å². The van der Waals surface area contributed by atoms with Gasteiger partial charge in [0.1, 0.15) is 0 Å². The molecule has 0 aromatic rings. The molecule has 0 unspecified atom stereocenters. The summed E-state index contributed by atoms with van der Waals surface area (Å²) in [5.74, 6) is 0. The molecule has 3 heteroatoms. The summed E-state index contributed by atoms with van der Waals surface area (Å²) in [6.45, 7) is 7.74. The molecule has 0 saturated heterocycles. The summed E-state index contributed by atoms with van der Waals surface area (Å²) >= 11 is 0. The Balaban J connectivity index is 3.15. The summed E-state index contributed by atoms with van der Waals surface area (Å²) in [6.07, 6.45) is 9.18. The van der Waals surface area contributed by atoms with E-state index in [1.165, 1.54) is 25.0 Å². The summed E-state index contributed by atoms with van der Waals surface area (Å²) in [5, 5.41) is 0. The van der Waals surface area contributed by atoms with E-state index in [0.717, 1.165) is 0 Å². The van der Waals surface area contributed by atoms with Crippen LogP contribution in [-0.2, 0) is 14.2 Å². The van der Waals surface area contributed by atoms with Crippen molar-refractivity contribution in [2.45, 2.75) is 0 Å². The fraction of sp³-hybridized carbons (Fsp3) is 0.200. The molecule has 0 aliphatic carbocycles. The van der Waals surface area contributed by atoms with E-state index < -0.39 is 0 Å². The summed E-state index contributed by atoms with van der Waals surface area (Å²) in [5.41, 5.74) is 0. The predicted molar refractivity (Wildman–Crippen MR) is 51.7 cm³/mol. The minimum atomic E-state index is 0.492. The van der Waals surface area contributed by atoms with Gasteiger partial charge in [-0.05, 0) is 12.2 Å². The molecule has 0 spiro atoms. The van der Waals surface area contributed by atoms with E-state index in [4.69, 9.17) is 14.2 Å². The third kappa shape index (κ3) is 10.5. The molecule has 13 heavy (non-hydrogen) atoms. The van der Waals surface area contributed by atoms with E-state index in [1.54, 1.807) is 12.2 Å². The first-order valence-electron chi connectivity index (χ1n) is 3.82. The monoisotopic (exact) mass is 182 g/mol. The average Bonchev–Trinajstić information content (AvgIpc) is 2.16. The van der Waals surface area contributed by atoms with Crippen LogP contribution in [-0.4, -0.2) is 13.2 Å². The Kier molecular flexibility index (Phi) is 9.32. The molecule has 0 rings (SSSR count). The van der Waals surface area contributed by atoms with Crippen molar-refractivity contribution in [3.8, 4) is 0 Å². The molecule has 0 radical (unpaired) electrons. The van der Waals surface area contributed by atoms with Gasteiger partial charge in [0, 0.05) is 0 Å². The molecule has 3 nitrogen and oxygen atoms in total. The van der Waals surface area contributed by atoms with Crippen molar-refractivity contribution in [3.63, 3.8) is 0 Å². The van der Waals surface area contributed by atoms with Crippen LogP contribution in [0.25, 0.3) is 0 Å². The summed E-state index contributed by atoms with van der Waals surface area (Å²) in [6, 6.07) is 0. The number of hydrogen-bond donors (Lipinski definition) is 0. The maximum absolute atomic E-state index is 5.12. The van der Waals surface area contributed by atoms with Crippen molar-refractivity contribution >= 4 is 0 Å². The Morgan fingerprint density at radius 3 is 1.69 bits per heavy atom. The van der Waals surface area contributed by atoms with Crippen molar-refractivity contribution < 1.29 is 14.2 Å². The molecule has 0 saturated carbocycles. The van der Waals surface area contributed by atoms with Crippen molar-refractivity contribution in [3.05, 3.63) is 50.4 Å². The Labute approximate surface area is 78.6 Å². The van der Waals surface area contributed by atoms with Crippen LogP contribution in [0.4, 0.5) is 0 Å². The zero-order chi connectivity index (χ0) is 9.78. The van der Waals surface area contributed by atoms with Crippen molar-refractivity contribution in [1.29, 1.82) is 0 Å². The fourth-order valence-corrected chi connectivity index (χ4v) is 0.505. The molecule has 0 amide bonds. The van der Waals surface area contributed by atoms with Crippen LogP contribution < -0.4 is 0 Å². The molecular formula is C10H14O3. The summed E-state index contributed by atoms with van der Waals surface area (Å²) in [4.78, 5) is 0. The zero-order valence-corrected chi connectivity index (χ0v) is 7.52. The summed E-state index contributed by atoms with van der Waals surface area (Å²) in [7, 11) is 0. The Hall–Kier alpha value is -1.48. The van der Waals surface area contributed by atoms with Gasteiger partial charge in [0.2, 0.25) is 0 Å². The molecule has 0 aliphatic heterocycles. The van der Waals surface area contributed by atoms with Gasteiger partial charge in [-0.1, -0.05) is 13.2 Å². The second-order valence-electron chi connectivity index (χ2n) is 1.89. The van der Waals surface area contributed by atoms with Gasteiger partial charge in [-0.3, -0.25) is 0 Å². The quantitative estimate of drug-likeness (QED) is 0.426. The lowest BCUT2D eigenvalue weighted by Gasteiger charge is -1.94. The fourth-order valence-electron chi connectivity index (χ4n) is 0.505. The predicted octanol–water partition coefficient (Wildman–Crippen LogP) is 2.35. The van der Waals surface area contributed by atoms with Gasteiger partial charge in [-0.15, -0.1) is 0 Å². The van der Waals surface area contributed by atoms with E-state index >= 15 is 0 Å². The first kappa shape index (κ1) is 11.5. The molecule has 0 aliphatic rings. The second kappa shape index (κ2) is 10.5. The maximum atomic E-state index is 5.12. The van der Waals surface area contributed by atoms with Gasteiger partial charge in [0.25, 0.3) is 0 Å². The topological polar surface area (TPSA) is 27.7 Å². The molecule has 72 valence electrons. The first-order valence-corrected chi connectivity index (χ1v) is 3.82. The largest absolute Gasteiger partial charge is 0.474 e. The number of hydrogen-bond acceptors (Lipinski definition) is 3. The van der Waals surface area contributed by atoms with Gasteiger partial charge >= 0.3 is 0 Å². The van der Waals surface area contributed by atoms with E-state index in [1.807, 2.05) is 0 Å². The first-order chi connectivity index (χ1) is 6.41. The average molecular weight is 182 g/mol. The Morgan fingerprint density at radius 1 is 0.846 bits per heavy atom. The van der Waals surface area contributed by atoms with Crippen LogP contribution in [0.3, 0.4) is 0 Å². The molecule has 0 N–H and O–H groups in total. The lowest BCUT2D eigenvalue weighted by Crippen LogP contribution is -1.90. The lowest BCUT2D eigenvalue weighted by molar-refractivity contribution is 0.190. The SMILES string of the molecule is C=COC=CCOCC=COC=C. The van der Waals surface area contributed by atoms with Crippen LogP contribution in [0.1, 0.15) is 0 Å². The summed E-state index contributed by atoms with van der Waals surface area (Å²) < 4.78 is 14.6. The highest BCUT2D eigenvalue weighted by Gasteiger charge is 1.77. The number of ether oxygens (including phenoxy) is 3. The standard InChI is InChI=1S/C10H14O3/c1-3-11-7-5-9-13-10-6-8-12-4-2/h3-8H,1-2,9-10H2. The van der Waals surface area contributed by atoms with Crippen molar-refractivity contribution in [1.82, 2.24) is 0 Å². The minimum Gasteiger partial charge on any atom is -0.474 e. The molecule has 0 aromatic heterocycles. The van der Waals surface area contributed by atoms with Gasteiger partial charge in [-0.25, -0.2) is 0 Å². The van der Waals surface area contributed by atoms with Gasteiger partial charge < -0.3 is 14.2 Å².